The lowest BCUT2D eigenvalue weighted by Gasteiger charge is -2.35. The topological polar surface area (TPSA) is 38.8 Å². The van der Waals surface area contributed by atoms with Gasteiger partial charge in [-0.2, -0.15) is 0 Å². The van der Waals surface area contributed by atoms with E-state index in [4.69, 9.17) is 0 Å². The van der Waals surface area contributed by atoms with Crippen molar-refractivity contribution in [2.24, 2.45) is 0 Å². The first-order valence-electron chi connectivity index (χ1n) is 11.7. The van der Waals surface area contributed by atoms with Crippen molar-refractivity contribution in [1.82, 2.24) is 15.1 Å². The Kier molecular flexibility index (Phi) is 7.11. The van der Waals surface area contributed by atoms with Crippen LogP contribution in [0.15, 0.2) is 42.5 Å². The number of urea groups is 1. The molecule has 32 heavy (non-hydrogen) atoms. The maximum Gasteiger partial charge on any atom is 0.324 e. The molecule has 0 aromatic heterocycles. The molecular formula is C26H35FN4O. The fourth-order valence-corrected chi connectivity index (χ4v) is 4.95. The first kappa shape index (κ1) is 22.7. The van der Waals surface area contributed by atoms with Crippen LogP contribution >= 0.6 is 0 Å². The third-order valence-corrected chi connectivity index (χ3v) is 6.93. The van der Waals surface area contributed by atoms with E-state index in [1.165, 1.54) is 17.2 Å². The molecule has 2 aromatic carbocycles. The van der Waals surface area contributed by atoms with Crippen molar-refractivity contribution in [3.63, 3.8) is 0 Å². The van der Waals surface area contributed by atoms with Gasteiger partial charge in [0.15, 0.2) is 0 Å². The zero-order valence-electron chi connectivity index (χ0n) is 19.5. The van der Waals surface area contributed by atoms with Crippen LogP contribution in [-0.4, -0.2) is 61.6 Å². The molecule has 2 saturated heterocycles. The van der Waals surface area contributed by atoms with E-state index >= 15 is 0 Å². The molecule has 2 aromatic rings. The molecule has 2 aliphatic heterocycles. The van der Waals surface area contributed by atoms with Gasteiger partial charge in [0.1, 0.15) is 5.82 Å². The number of nitrogens with one attached hydrogen (secondary N) is 1. The van der Waals surface area contributed by atoms with E-state index < -0.39 is 0 Å². The Balaban J connectivity index is 1.35. The van der Waals surface area contributed by atoms with E-state index in [1.807, 2.05) is 18.0 Å². The summed E-state index contributed by atoms with van der Waals surface area (Å²) < 4.78 is 13.6. The van der Waals surface area contributed by atoms with Crippen LogP contribution in [0.3, 0.4) is 0 Å². The Labute approximate surface area is 191 Å². The molecule has 0 radical (unpaired) electrons. The van der Waals surface area contributed by atoms with Gasteiger partial charge in [0.05, 0.1) is 0 Å². The van der Waals surface area contributed by atoms with E-state index in [1.54, 1.807) is 17.0 Å². The summed E-state index contributed by atoms with van der Waals surface area (Å²) in [7, 11) is 1.85. The van der Waals surface area contributed by atoms with Crippen LogP contribution in [0, 0.1) is 12.7 Å². The van der Waals surface area contributed by atoms with Gasteiger partial charge in [0, 0.05) is 58.0 Å². The fourth-order valence-electron chi connectivity index (χ4n) is 4.95. The van der Waals surface area contributed by atoms with Gasteiger partial charge in [-0.3, -0.25) is 9.80 Å². The second-order valence-electron chi connectivity index (χ2n) is 9.36. The first-order valence-corrected chi connectivity index (χ1v) is 11.7. The van der Waals surface area contributed by atoms with Crippen LogP contribution in [0.2, 0.25) is 0 Å². The number of likely N-dealkylation sites (tertiary alicyclic amines) is 1. The van der Waals surface area contributed by atoms with Gasteiger partial charge >= 0.3 is 6.03 Å². The molecule has 4 rings (SSSR count). The predicted molar refractivity (Wildman–Crippen MR) is 128 cm³/mol. The molecular weight excluding hydrogens is 403 g/mol. The highest BCUT2D eigenvalue weighted by Crippen LogP contribution is 2.29. The maximum atomic E-state index is 13.6. The third-order valence-electron chi connectivity index (χ3n) is 6.93. The van der Waals surface area contributed by atoms with Crippen molar-refractivity contribution >= 4 is 11.7 Å². The van der Waals surface area contributed by atoms with Gasteiger partial charge in [0.2, 0.25) is 0 Å². The molecule has 6 heteroatoms. The molecule has 0 unspecified atom stereocenters. The summed E-state index contributed by atoms with van der Waals surface area (Å²) in [5, 5.41) is 3.49. The minimum absolute atomic E-state index is 0.0331. The number of anilines is 1. The summed E-state index contributed by atoms with van der Waals surface area (Å²) in [6, 6.07) is 13.8. The largest absolute Gasteiger partial charge is 0.324 e. The number of carbonyl (C=O) groups is 1. The molecule has 1 atom stereocenters. The number of piperidine rings is 1. The number of hydrogen-bond donors (Lipinski definition) is 1. The quantitative estimate of drug-likeness (QED) is 0.771. The van der Waals surface area contributed by atoms with Gasteiger partial charge in [-0.15, -0.1) is 0 Å². The number of amides is 2. The number of aryl methyl sites for hydroxylation is 1. The summed E-state index contributed by atoms with van der Waals surface area (Å²) in [4.78, 5) is 19.3. The highest BCUT2D eigenvalue weighted by molar-refractivity contribution is 5.91. The van der Waals surface area contributed by atoms with Crippen molar-refractivity contribution in [3.8, 4) is 0 Å². The SMILES string of the molecule is Cc1cc(N(C)C(=O)N2CCC(c3cccc(F)c3)CC2)ccc1CN1CCN[C@@H](C)C1. The Morgan fingerprint density at radius 3 is 2.62 bits per heavy atom. The first-order chi connectivity index (χ1) is 15.4. The lowest BCUT2D eigenvalue weighted by atomic mass is 9.89. The van der Waals surface area contributed by atoms with E-state index in [9.17, 15) is 9.18 Å². The van der Waals surface area contributed by atoms with Gasteiger partial charge in [-0.05, 0) is 73.6 Å². The standard InChI is InChI=1S/C26H35FN4O/c1-19-15-25(8-7-23(19)18-30-14-11-28-20(2)17-30)29(3)26(32)31-12-9-21(10-13-31)22-5-4-6-24(27)16-22/h4-8,15-16,20-21,28H,9-14,17-18H2,1-3H3/t20-/m0/s1. The van der Waals surface area contributed by atoms with Crippen LogP contribution in [0.25, 0.3) is 0 Å². The molecule has 2 heterocycles. The zero-order valence-corrected chi connectivity index (χ0v) is 19.5. The molecule has 2 aliphatic rings. The predicted octanol–water partition coefficient (Wildman–Crippen LogP) is 4.36. The number of benzene rings is 2. The summed E-state index contributed by atoms with van der Waals surface area (Å²) in [5.74, 6) is 0.125. The average molecular weight is 439 g/mol. The van der Waals surface area contributed by atoms with Crippen LogP contribution in [0.5, 0.6) is 0 Å². The number of carbonyl (C=O) groups excluding carboxylic acids is 1. The number of piperazine rings is 1. The van der Waals surface area contributed by atoms with Gasteiger partial charge in [-0.1, -0.05) is 18.2 Å². The molecule has 1 N–H and O–H groups in total. The van der Waals surface area contributed by atoms with Crippen molar-refractivity contribution in [1.29, 1.82) is 0 Å². The van der Waals surface area contributed by atoms with Crippen LogP contribution < -0.4 is 10.2 Å². The number of hydrogen-bond acceptors (Lipinski definition) is 3. The normalized spacial score (nSPS) is 20.4. The van der Waals surface area contributed by atoms with E-state index in [2.05, 4.69) is 42.3 Å². The van der Waals surface area contributed by atoms with Crippen LogP contribution in [0.4, 0.5) is 14.9 Å². The number of nitrogens with zero attached hydrogens (tertiary/aromatic N) is 3. The van der Waals surface area contributed by atoms with E-state index in [0.717, 1.165) is 50.3 Å². The molecule has 2 amide bonds. The summed E-state index contributed by atoms with van der Waals surface area (Å²) in [6.45, 7) is 9.86. The Hall–Kier alpha value is -2.44. The van der Waals surface area contributed by atoms with Crippen molar-refractivity contribution in [2.75, 3.05) is 44.7 Å². The van der Waals surface area contributed by atoms with Crippen molar-refractivity contribution in [3.05, 3.63) is 65.0 Å². The minimum Gasteiger partial charge on any atom is -0.324 e. The highest BCUT2D eigenvalue weighted by atomic mass is 19.1. The smallest absolute Gasteiger partial charge is 0.324 e. The molecule has 2 fully saturated rings. The zero-order chi connectivity index (χ0) is 22.7. The third kappa shape index (κ3) is 5.30. The van der Waals surface area contributed by atoms with E-state index in [-0.39, 0.29) is 11.8 Å². The van der Waals surface area contributed by atoms with Crippen LogP contribution in [0.1, 0.15) is 42.4 Å². The highest BCUT2D eigenvalue weighted by Gasteiger charge is 2.26. The van der Waals surface area contributed by atoms with Crippen LogP contribution in [-0.2, 0) is 6.54 Å². The summed E-state index contributed by atoms with van der Waals surface area (Å²) >= 11 is 0. The molecule has 0 bridgehead atoms. The lowest BCUT2D eigenvalue weighted by molar-refractivity contribution is 0.189. The molecule has 0 aliphatic carbocycles. The van der Waals surface area contributed by atoms with Gasteiger partial charge in [-0.25, -0.2) is 9.18 Å². The second kappa shape index (κ2) is 10.0. The maximum absolute atomic E-state index is 13.6. The number of rotatable bonds is 4. The Morgan fingerprint density at radius 2 is 1.94 bits per heavy atom. The summed E-state index contributed by atoms with van der Waals surface area (Å²) in [5.41, 5.74) is 4.51. The second-order valence-corrected chi connectivity index (χ2v) is 9.36. The minimum atomic E-state index is -0.189. The van der Waals surface area contributed by atoms with Crippen molar-refractivity contribution < 1.29 is 9.18 Å². The lowest BCUT2D eigenvalue weighted by Crippen LogP contribution is -2.48. The molecule has 0 saturated carbocycles. The Morgan fingerprint density at radius 1 is 1.16 bits per heavy atom. The number of halogens is 1. The average Bonchev–Trinajstić information content (AvgIpc) is 2.79. The van der Waals surface area contributed by atoms with E-state index in [0.29, 0.717) is 25.0 Å². The monoisotopic (exact) mass is 438 g/mol. The molecule has 5 nitrogen and oxygen atoms in total. The Bertz CT molecular complexity index is 941. The molecule has 0 spiro atoms. The fraction of sp³-hybridized carbons (Fsp3) is 0.500. The summed E-state index contributed by atoms with van der Waals surface area (Å²) in [6.07, 6.45) is 1.73. The molecule has 172 valence electrons. The van der Waals surface area contributed by atoms with Crippen molar-refractivity contribution in [2.45, 2.75) is 45.2 Å². The van der Waals surface area contributed by atoms with Gasteiger partial charge in [0.25, 0.3) is 0 Å². The van der Waals surface area contributed by atoms with Gasteiger partial charge < -0.3 is 10.2 Å².